The molecule has 0 aliphatic rings. The van der Waals surface area contributed by atoms with Gasteiger partial charge in [0.1, 0.15) is 11.3 Å². The van der Waals surface area contributed by atoms with Crippen LogP contribution in [0.4, 0.5) is 0 Å². The first-order valence-electron chi connectivity index (χ1n) is 10.1. The van der Waals surface area contributed by atoms with Crippen molar-refractivity contribution in [3.8, 4) is 11.3 Å². The lowest BCUT2D eigenvalue weighted by Gasteiger charge is -2.15. The first-order valence-corrected chi connectivity index (χ1v) is 11.5. The lowest BCUT2D eigenvalue weighted by atomic mass is 10.1. The zero-order chi connectivity index (χ0) is 22.3. The number of para-hydroxylation sites is 1. The number of aromatic nitrogens is 2. The van der Waals surface area contributed by atoms with Crippen molar-refractivity contribution >= 4 is 32.0 Å². The molecule has 0 aliphatic carbocycles. The van der Waals surface area contributed by atoms with Gasteiger partial charge in [0, 0.05) is 29.1 Å². The SMILES string of the molecule is CCOC(O)c1cc2c(-c3cc4ccccc4o3)ccnc2n1S(=O)(=O)c1ccccc1. The number of fused-ring (bicyclic) bond motifs is 2. The molecule has 7 nitrogen and oxygen atoms in total. The van der Waals surface area contributed by atoms with Gasteiger partial charge in [-0.05, 0) is 43.3 Å². The van der Waals surface area contributed by atoms with Gasteiger partial charge in [0.2, 0.25) is 0 Å². The highest BCUT2D eigenvalue weighted by molar-refractivity contribution is 7.90. The minimum atomic E-state index is -4.06. The fourth-order valence-electron chi connectivity index (χ4n) is 3.79. The zero-order valence-electron chi connectivity index (χ0n) is 17.2. The second kappa shape index (κ2) is 7.90. The lowest BCUT2D eigenvalue weighted by Crippen LogP contribution is -2.19. The predicted octanol–water partition coefficient (Wildman–Crippen LogP) is 4.71. The summed E-state index contributed by atoms with van der Waals surface area (Å²) in [5, 5.41) is 12.1. The molecule has 0 aliphatic heterocycles. The molecule has 0 amide bonds. The molecule has 3 aromatic heterocycles. The number of rotatable bonds is 6. The second-order valence-electron chi connectivity index (χ2n) is 7.20. The number of aliphatic hydroxyl groups excluding tert-OH is 1. The highest BCUT2D eigenvalue weighted by Crippen LogP contribution is 2.36. The Morgan fingerprint density at radius 3 is 2.56 bits per heavy atom. The quantitative estimate of drug-likeness (QED) is 0.378. The highest BCUT2D eigenvalue weighted by atomic mass is 32.2. The fourth-order valence-corrected chi connectivity index (χ4v) is 5.30. The van der Waals surface area contributed by atoms with Crippen molar-refractivity contribution in [1.82, 2.24) is 8.96 Å². The Bertz CT molecular complexity index is 1490. The maximum Gasteiger partial charge on any atom is 0.269 e. The van der Waals surface area contributed by atoms with E-state index in [1.165, 1.54) is 18.3 Å². The van der Waals surface area contributed by atoms with Gasteiger partial charge in [0.15, 0.2) is 11.9 Å². The van der Waals surface area contributed by atoms with Crippen LogP contribution in [-0.4, -0.2) is 29.1 Å². The van der Waals surface area contributed by atoms with Gasteiger partial charge < -0.3 is 14.3 Å². The van der Waals surface area contributed by atoms with Gasteiger partial charge in [-0.25, -0.2) is 17.4 Å². The van der Waals surface area contributed by atoms with E-state index in [1.807, 2.05) is 30.3 Å². The zero-order valence-corrected chi connectivity index (χ0v) is 18.0. The molecule has 0 radical (unpaired) electrons. The fraction of sp³-hybridized carbons (Fsp3) is 0.125. The maximum absolute atomic E-state index is 13.6. The molecule has 3 heterocycles. The molecule has 5 rings (SSSR count). The van der Waals surface area contributed by atoms with E-state index in [1.54, 1.807) is 37.3 Å². The van der Waals surface area contributed by atoms with E-state index in [2.05, 4.69) is 4.98 Å². The summed E-state index contributed by atoms with van der Waals surface area (Å²) in [6.45, 7) is 1.93. The van der Waals surface area contributed by atoms with Gasteiger partial charge in [0.25, 0.3) is 10.0 Å². The van der Waals surface area contributed by atoms with Gasteiger partial charge in [-0.1, -0.05) is 36.4 Å². The van der Waals surface area contributed by atoms with Crippen molar-refractivity contribution in [2.45, 2.75) is 18.1 Å². The summed E-state index contributed by atoms with van der Waals surface area (Å²) in [7, 11) is -4.06. The summed E-state index contributed by atoms with van der Waals surface area (Å²) in [6, 6.07) is 20.9. The Morgan fingerprint density at radius 2 is 1.81 bits per heavy atom. The molecule has 5 aromatic rings. The summed E-state index contributed by atoms with van der Waals surface area (Å²) in [6.07, 6.45) is 0.0785. The monoisotopic (exact) mass is 448 g/mol. The van der Waals surface area contributed by atoms with Crippen molar-refractivity contribution < 1.29 is 22.7 Å². The average Bonchev–Trinajstić information content (AvgIpc) is 3.42. The van der Waals surface area contributed by atoms with Gasteiger partial charge in [-0.2, -0.15) is 0 Å². The van der Waals surface area contributed by atoms with Crippen molar-refractivity contribution in [3.63, 3.8) is 0 Å². The molecule has 0 bridgehead atoms. The third-order valence-corrected chi connectivity index (χ3v) is 6.97. The summed E-state index contributed by atoms with van der Waals surface area (Å²) in [4.78, 5) is 4.43. The largest absolute Gasteiger partial charge is 0.456 e. The molecule has 1 unspecified atom stereocenters. The summed E-state index contributed by atoms with van der Waals surface area (Å²) in [5.74, 6) is 0.574. The third kappa shape index (κ3) is 3.29. The topological polar surface area (TPSA) is 94.6 Å². The number of ether oxygens (including phenoxy) is 1. The first-order chi connectivity index (χ1) is 15.5. The van der Waals surface area contributed by atoms with E-state index in [0.29, 0.717) is 16.7 Å². The Kier molecular flexibility index (Phi) is 5.05. The minimum Gasteiger partial charge on any atom is -0.456 e. The van der Waals surface area contributed by atoms with Crippen molar-refractivity contribution in [3.05, 3.63) is 84.7 Å². The summed E-state index contributed by atoms with van der Waals surface area (Å²) < 4.78 is 39.5. The van der Waals surface area contributed by atoms with Gasteiger partial charge in [-0.15, -0.1) is 0 Å². The Labute approximate surface area is 184 Å². The molecule has 0 saturated heterocycles. The highest BCUT2D eigenvalue weighted by Gasteiger charge is 2.29. The van der Waals surface area contributed by atoms with Crippen molar-refractivity contribution in [2.24, 2.45) is 0 Å². The van der Waals surface area contributed by atoms with E-state index in [-0.39, 0.29) is 22.8 Å². The lowest BCUT2D eigenvalue weighted by molar-refractivity contribution is -0.101. The maximum atomic E-state index is 13.6. The van der Waals surface area contributed by atoms with E-state index in [9.17, 15) is 13.5 Å². The van der Waals surface area contributed by atoms with Crippen LogP contribution in [0.2, 0.25) is 0 Å². The van der Waals surface area contributed by atoms with Crippen LogP contribution in [0.5, 0.6) is 0 Å². The number of benzene rings is 2. The van der Waals surface area contributed by atoms with E-state index < -0.39 is 16.3 Å². The van der Waals surface area contributed by atoms with Crippen LogP contribution in [0.1, 0.15) is 18.9 Å². The molecular formula is C24H20N2O5S. The second-order valence-corrected chi connectivity index (χ2v) is 8.99. The molecule has 0 fully saturated rings. The van der Waals surface area contributed by atoms with Crippen LogP contribution in [0, 0.1) is 0 Å². The van der Waals surface area contributed by atoms with Crippen LogP contribution >= 0.6 is 0 Å². The Balaban J connectivity index is 1.80. The average molecular weight is 449 g/mol. The number of nitrogens with zero attached hydrogens (tertiary/aromatic N) is 2. The molecule has 0 spiro atoms. The van der Waals surface area contributed by atoms with Crippen molar-refractivity contribution in [1.29, 1.82) is 0 Å². The molecule has 8 heteroatoms. The normalized spacial score (nSPS) is 13.1. The number of pyridine rings is 1. The predicted molar refractivity (Wildman–Crippen MR) is 121 cm³/mol. The van der Waals surface area contributed by atoms with E-state index in [4.69, 9.17) is 9.15 Å². The molecule has 32 heavy (non-hydrogen) atoms. The van der Waals surface area contributed by atoms with Gasteiger partial charge in [-0.3, -0.25) is 0 Å². The smallest absolute Gasteiger partial charge is 0.269 e. The number of furan rings is 1. The molecule has 1 N–H and O–H groups in total. The van der Waals surface area contributed by atoms with Crippen LogP contribution in [0.3, 0.4) is 0 Å². The number of hydrogen-bond donors (Lipinski definition) is 1. The summed E-state index contributed by atoms with van der Waals surface area (Å²) >= 11 is 0. The van der Waals surface area contributed by atoms with Crippen LogP contribution < -0.4 is 0 Å². The van der Waals surface area contributed by atoms with E-state index in [0.717, 1.165) is 14.9 Å². The summed E-state index contributed by atoms with van der Waals surface area (Å²) in [5.41, 5.74) is 1.64. The third-order valence-electron chi connectivity index (χ3n) is 5.24. The van der Waals surface area contributed by atoms with Gasteiger partial charge in [0.05, 0.1) is 10.6 Å². The molecular weight excluding hydrogens is 428 g/mol. The number of aliphatic hydroxyl groups is 1. The number of hydrogen-bond acceptors (Lipinski definition) is 6. The van der Waals surface area contributed by atoms with Crippen molar-refractivity contribution in [2.75, 3.05) is 6.61 Å². The Morgan fingerprint density at radius 1 is 1.06 bits per heavy atom. The minimum absolute atomic E-state index is 0.0711. The first kappa shape index (κ1) is 20.4. The molecule has 0 saturated carbocycles. The molecule has 162 valence electrons. The van der Waals surface area contributed by atoms with Crippen LogP contribution in [0.15, 0.2) is 88.3 Å². The van der Waals surface area contributed by atoms with Crippen LogP contribution in [-0.2, 0) is 14.8 Å². The standard InChI is InChI=1S/C24H20N2O5S/c1-2-30-24(27)20-15-19-18(22-14-16-8-6-7-11-21(16)31-22)12-13-25-23(19)26(20)32(28,29)17-9-4-3-5-10-17/h3-15,24,27H,2H2,1H3. The molecule has 2 aromatic carbocycles. The molecule has 1 atom stereocenters. The Hall–Kier alpha value is -3.46. The van der Waals surface area contributed by atoms with Crippen LogP contribution in [0.25, 0.3) is 33.3 Å². The van der Waals surface area contributed by atoms with Gasteiger partial charge >= 0.3 is 0 Å². The van der Waals surface area contributed by atoms with E-state index >= 15 is 0 Å².